The van der Waals surface area contributed by atoms with E-state index >= 15 is 0 Å². The first-order chi connectivity index (χ1) is 25.3. The topological polar surface area (TPSA) is 51.8 Å². The summed E-state index contributed by atoms with van der Waals surface area (Å²) in [6.45, 7) is 0. The molecule has 0 radical (unpaired) electrons. The van der Waals surface area contributed by atoms with Crippen molar-refractivity contribution in [2.45, 2.75) is 0 Å². The maximum Gasteiger partial charge on any atom is 0.164 e. The predicted molar refractivity (Wildman–Crippen MR) is 209 cm³/mol. The molecule has 8 aromatic carbocycles. The molecule has 0 saturated carbocycles. The number of hydrogen-bond donors (Lipinski definition) is 0. The molecule has 0 atom stereocenters. The van der Waals surface area contributed by atoms with Gasteiger partial charge in [0.25, 0.3) is 0 Å². The number of benzene rings is 8. The summed E-state index contributed by atoms with van der Waals surface area (Å²) in [5.41, 5.74) is 8.99. The van der Waals surface area contributed by atoms with Gasteiger partial charge in [0.1, 0.15) is 11.2 Å². The summed E-state index contributed by atoms with van der Waals surface area (Å²) in [7, 11) is 0. The minimum absolute atomic E-state index is 0.598. The lowest BCUT2D eigenvalue weighted by Crippen LogP contribution is -2.00. The summed E-state index contributed by atoms with van der Waals surface area (Å²) in [4.78, 5) is 15.4. The van der Waals surface area contributed by atoms with Crippen molar-refractivity contribution in [2.75, 3.05) is 0 Å². The summed E-state index contributed by atoms with van der Waals surface area (Å²) in [6.07, 6.45) is 0. The minimum Gasteiger partial charge on any atom is -0.455 e. The fourth-order valence-electron chi connectivity index (χ4n) is 7.31. The van der Waals surface area contributed by atoms with E-state index in [1.54, 1.807) is 0 Å². The highest BCUT2D eigenvalue weighted by Gasteiger charge is 2.22. The van der Waals surface area contributed by atoms with E-state index in [0.29, 0.717) is 17.5 Å². The molecule has 238 valence electrons. The van der Waals surface area contributed by atoms with Crippen LogP contribution in [0.3, 0.4) is 0 Å². The van der Waals surface area contributed by atoms with E-state index in [0.717, 1.165) is 66.1 Å². The zero-order chi connectivity index (χ0) is 33.7. The monoisotopic (exact) mass is 651 g/mol. The Balaban J connectivity index is 1.21. The van der Waals surface area contributed by atoms with Gasteiger partial charge in [0.15, 0.2) is 17.5 Å². The van der Waals surface area contributed by atoms with Gasteiger partial charge < -0.3 is 4.42 Å². The van der Waals surface area contributed by atoms with Crippen molar-refractivity contribution in [2.24, 2.45) is 0 Å². The van der Waals surface area contributed by atoms with Gasteiger partial charge in [0.05, 0.1) is 0 Å². The Morgan fingerprint density at radius 1 is 0.333 bits per heavy atom. The van der Waals surface area contributed by atoms with Crippen molar-refractivity contribution in [3.05, 3.63) is 176 Å². The maximum atomic E-state index is 6.73. The van der Waals surface area contributed by atoms with Crippen LogP contribution in [0.5, 0.6) is 0 Å². The first-order valence-electron chi connectivity index (χ1n) is 17.1. The van der Waals surface area contributed by atoms with Crippen LogP contribution in [0.15, 0.2) is 180 Å². The zero-order valence-corrected chi connectivity index (χ0v) is 27.5. The van der Waals surface area contributed by atoms with Crippen LogP contribution in [-0.4, -0.2) is 15.0 Å². The average molecular weight is 652 g/mol. The third kappa shape index (κ3) is 4.96. The molecular weight excluding hydrogens is 623 g/mol. The standard InChI is InChI=1S/C47H29N3O/c1-3-13-31(14-4-1)38-23-12-19-35-29-40(43-39-21-9-10-24-41(39)51-44(43)42(35)38)47-49-45(33-16-5-2-6-17-33)48-46(50-47)34-27-25-32(26-28-34)37-22-11-18-30-15-7-8-20-36(30)37/h1-29H. The normalized spacial score (nSPS) is 11.5. The van der Waals surface area contributed by atoms with Gasteiger partial charge in [0, 0.05) is 32.8 Å². The van der Waals surface area contributed by atoms with Crippen LogP contribution in [-0.2, 0) is 0 Å². The van der Waals surface area contributed by atoms with E-state index < -0.39 is 0 Å². The molecule has 10 aromatic rings. The molecule has 0 aliphatic heterocycles. The Bertz CT molecular complexity index is 2890. The lowest BCUT2D eigenvalue weighted by Gasteiger charge is -2.13. The number of furan rings is 1. The SMILES string of the molecule is c1ccc(-c2nc(-c3ccc(-c4cccc5ccccc45)cc3)nc(-c3cc4cccc(-c5ccccc5)c4c4oc5ccccc5c34)n2)cc1. The maximum absolute atomic E-state index is 6.73. The largest absolute Gasteiger partial charge is 0.455 e. The number of rotatable bonds is 5. The van der Waals surface area contributed by atoms with Crippen molar-refractivity contribution >= 4 is 43.5 Å². The second kappa shape index (κ2) is 11.9. The Kier molecular flexibility index (Phi) is 6.78. The van der Waals surface area contributed by atoms with Gasteiger partial charge in [-0.3, -0.25) is 0 Å². The summed E-state index contributed by atoms with van der Waals surface area (Å²) < 4.78 is 6.73. The molecule has 0 N–H and O–H groups in total. The van der Waals surface area contributed by atoms with Gasteiger partial charge in [-0.25, -0.2) is 15.0 Å². The highest BCUT2D eigenvalue weighted by molar-refractivity contribution is 6.23. The van der Waals surface area contributed by atoms with Gasteiger partial charge in [-0.15, -0.1) is 0 Å². The summed E-state index contributed by atoms with van der Waals surface area (Å²) in [5, 5.41) is 6.59. The summed E-state index contributed by atoms with van der Waals surface area (Å²) in [6, 6.07) is 60.9. The van der Waals surface area contributed by atoms with Gasteiger partial charge in [0.2, 0.25) is 0 Å². The molecule has 0 unspecified atom stereocenters. The molecule has 0 spiro atoms. The van der Waals surface area contributed by atoms with E-state index in [2.05, 4.69) is 127 Å². The van der Waals surface area contributed by atoms with Gasteiger partial charge in [-0.2, -0.15) is 0 Å². The number of fused-ring (bicyclic) bond motifs is 6. The van der Waals surface area contributed by atoms with Crippen LogP contribution >= 0.6 is 0 Å². The fourth-order valence-corrected chi connectivity index (χ4v) is 7.31. The number of nitrogens with zero attached hydrogens (tertiary/aromatic N) is 3. The Morgan fingerprint density at radius 2 is 0.863 bits per heavy atom. The van der Waals surface area contributed by atoms with E-state index in [9.17, 15) is 0 Å². The molecule has 51 heavy (non-hydrogen) atoms. The van der Waals surface area contributed by atoms with Crippen LogP contribution in [0.1, 0.15) is 0 Å². The van der Waals surface area contributed by atoms with E-state index in [4.69, 9.17) is 19.4 Å². The molecule has 0 saturated heterocycles. The molecule has 2 heterocycles. The number of aromatic nitrogens is 3. The molecule has 0 bridgehead atoms. The lowest BCUT2D eigenvalue weighted by molar-refractivity contribution is 0.673. The molecule has 0 amide bonds. The van der Waals surface area contributed by atoms with Crippen LogP contribution in [0.25, 0.3) is 99.9 Å². The number of hydrogen-bond acceptors (Lipinski definition) is 4. The van der Waals surface area contributed by atoms with Crippen molar-refractivity contribution < 1.29 is 4.42 Å². The molecule has 0 aliphatic carbocycles. The third-order valence-corrected chi connectivity index (χ3v) is 9.73. The Morgan fingerprint density at radius 3 is 1.63 bits per heavy atom. The smallest absolute Gasteiger partial charge is 0.164 e. The quantitative estimate of drug-likeness (QED) is 0.186. The molecule has 10 rings (SSSR count). The minimum atomic E-state index is 0.598. The highest BCUT2D eigenvalue weighted by Crippen LogP contribution is 2.44. The number of para-hydroxylation sites is 1. The van der Waals surface area contributed by atoms with Gasteiger partial charge in [-0.05, 0) is 50.5 Å². The molecule has 0 fully saturated rings. The van der Waals surface area contributed by atoms with Gasteiger partial charge in [-0.1, -0.05) is 164 Å². The second-order valence-corrected chi connectivity index (χ2v) is 12.8. The van der Waals surface area contributed by atoms with Crippen molar-refractivity contribution in [1.82, 2.24) is 15.0 Å². The van der Waals surface area contributed by atoms with E-state index in [1.807, 2.05) is 48.5 Å². The summed E-state index contributed by atoms with van der Waals surface area (Å²) in [5.74, 6) is 1.83. The predicted octanol–water partition coefficient (Wildman–Crippen LogP) is 12.4. The molecule has 0 aliphatic rings. The highest BCUT2D eigenvalue weighted by atomic mass is 16.3. The average Bonchev–Trinajstić information content (AvgIpc) is 3.60. The van der Waals surface area contributed by atoms with Crippen molar-refractivity contribution in [3.63, 3.8) is 0 Å². The third-order valence-electron chi connectivity index (χ3n) is 9.73. The van der Waals surface area contributed by atoms with E-state index in [1.165, 1.54) is 16.3 Å². The first kappa shape index (κ1) is 29.0. The lowest BCUT2D eigenvalue weighted by atomic mass is 9.93. The van der Waals surface area contributed by atoms with Crippen LogP contribution in [0.4, 0.5) is 0 Å². The van der Waals surface area contributed by atoms with Crippen molar-refractivity contribution in [1.29, 1.82) is 0 Å². The van der Waals surface area contributed by atoms with Crippen molar-refractivity contribution in [3.8, 4) is 56.4 Å². The second-order valence-electron chi connectivity index (χ2n) is 12.8. The van der Waals surface area contributed by atoms with Crippen LogP contribution < -0.4 is 0 Å². The van der Waals surface area contributed by atoms with E-state index in [-0.39, 0.29) is 0 Å². The fraction of sp³-hybridized carbons (Fsp3) is 0. The zero-order valence-electron chi connectivity index (χ0n) is 27.5. The van der Waals surface area contributed by atoms with Gasteiger partial charge >= 0.3 is 0 Å². The van der Waals surface area contributed by atoms with Crippen LogP contribution in [0.2, 0.25) is 0 Å². The first-order valence-corrected chi connectivity index (χ1v) is 17.1. The molecule has 2 aromatic heterocycles. The molecular formula is C47H29N3O. The summed E-state index contributed by atoms with van der Waals surface area (Å²) >= 11 is 0. The Hall–Kier alpha value is -6.91. The Labute approximate surface area is 294 Å². The molecule has 4 nitrogen and oxygen atoms in total. The van der Waals surface area contributed by atoms with Crippen LogP contribution in [0, 0.1) is 0 Å². The molecule has 4 heteroatoms.